The summed E-state index contributed by atoms with van der Waals surface area (Å²) < 4.78 is 4.06. The Labute approximate surface area is 99.9 Å². The van der Waals surface area contributed by atoms with E-state index in [0.717, 1.165) is 31.4 Å². The van der Waals surface area contributed by atoms with Gasteiger partial charge in [0.15, 0.2) is 0 Å². The molecule has 0 saturated heterocycles. The van der Waals surface area contributed by atoms with E-state index in [1.165, 1.54) is 11.5 Å². The number of nitrogens with zero attached hydrogens (tertiary/aromatic N) is 1. The molecule has 1 aromatic rings. The monoisotopic (exact) mass is 242 g/mol. The molecule has 5 heteroatoms. The number of rotatable bonds is 7. The second-order valence-electron chi connectivity index (χ2n) is 3.71. The molecule has 0 aliphatic carbocycles. The fraction of sp³-hybridized carbons (Fsp3) is 0.636. The van der Waals surface area contributed by atoms with Crippen molar-refractivity contribution >= 4 is 17.4 Å². The van der Waals surface area contributed by atoms with E-state index in [1.807, 2.05) is 6.92 Å². The van der Waals surface area contributed by atoms with Crippen molar-refractivity contribution in [3.8, 4) is 0 Å². The van der Waals surface area contributed by atoms with E-state index in [9.17, 15) is 4.79 Å². The number of aliphatic hydroxyl groups is 1. The molecule has 1 aromatic heterocycles. The minimum Gasteiger partial charge on any atom is -0.396 e. The van der Waals surface area contributed by atoms with Crippen molar-refractivity contribution in [1.82, 2.24) is 9.69 Å². The summed E-state index contributed by atoms with van der Waals surface area (Å²) in [5.74, 6) is -0.0339. The van der Waals surface area contributed by atoms with Crippen LogP contribution in [-0.4, -0.2) is 28.5 Å². The number of unbranched alkanes of at least 4 members (excludes halogenated alkanes) is 3. The zero-order valence-electron chi connectivity index (χ0n) is 9.53. The lowest BCUT2D eigenvalue weighted by Gasteiger charge is -2.03. The SMILES string of the molecule is Cc1nscc1C(=O)NCCCCCCO. The number of aliphatic hydroxyl groups excluding tert-OH is 1. The van der Waals surface area contributed by atoms with E-state index in [4.69, 9.17) is 5.11 Å². The van der Waals surface area contributed by atoms with Crippen LogP contribution in [0.3, 0.4) is 0 Å². The van der Waals surface area contributed by atoms with Crippen LogP contribution in [-0.2, 0) is 0 Å². The molecule has 0 radical (unpaired) electrons. The van der Waals surface area contributed by atoms with Crippen molar-refractivity contribution in [2.75, 3.05) is 13.2 Å². The van der Waals surface area contributed by atoms with Crippen LogP contribution in [0.4, 0.5) is 0 Å². The normalized spacial score (nSPS) is 10.4. The maximum Gasteiger partial charge on any atom is 0.254 e. The number of hydrogen-bond acceptors (Lipinski definition) is 4. The summed E-state index contributed by atoms with van der Waals surface area (Å²) in [7, 11) is 0. The third-order valence-electron chi connectivity index (χ3n) is 2.37. The third-order valence-corrected chi connectivity index (χ3v) is 3.09. The molecule has 90 valence electrons. The quantitative estimate of drug-likeness (QED) is 0.716. The lowest BCUT2D eigenvalue weighted by molar-refractivity contribution is 0.0952. The molecule has 1 heterocycles. The average Bonchev–Trinajstić information content (AvgIpc) is 2.69. The van der Waals surface area contributed by atoms with Gasteiger partial charge in [0.05, 0.1) is 11.3 Å². The summed E-state index contributed by atoms with van der Waals surface area (Å²) in [5.41, 5.74) is 1.48. The van der Waals surface area contributed by atoms with Gasteiger partial charge < -0.3 is 10.4 Å². The van der Waals surface area contributed by atoms with Crippen LogP contribution >= 0.6 is 11.5 Å². The van der Waals surface area contributed by atoms with E-state index >= 15 is 0 Å². The molecule has 0 aliphatic heterocycles. The van der Waals surface area contributed by atoms with Crippen LogP contribution in [0.1, 0.15) is 41.7 Å². The Morgan fingerprint density at radius 2 is 2.19 bits per heavy atom. The van der Waals surface area contributed by atoms with Crippen molar-refractivity contribution < 1.29 is 9.90 Å². The van der Waals surface area contributed by atoms with Gasteiger partial charge in [-0.15, -0.1) is 0 Å². The molecule has 1 rings (SSSR count). The van der Waals surface area contributed by atoms with Gasteiger partial charge in [0.25, 0.3) is 5.91 Å². The first-order chi connectivity index (χ1) is 7.75. The number of nitrogens with one attached hydrogen (secondary N) is 1. The first-order valence-electron chi connectivity index (χ1n) is 5.55. The zero-order valence-corrected chi connectivity index (χ0v) is 10.3. The molecule has 0 spiro atoms. The van der Waals surface area contributed by atoms with E-state index in [0.29, 0.717) is 12.1 Å². The van der Waals surface area contributed by atoms with Gasteiger partial charge in [-0.05, 0) is 31.3 Å². The van der Waals surface area contributed by atoms with Crippen LogP contribution in [0.25, 0.3) is 0 Å². The molecule has 0 atom stereocenters. The van der Waals surface area contributed by atoms with Gasteiger partial charge in [-0.3, -0.25) is 4.79 Å². The molecule has 0 bridgehead atoms. The Morgan fingerprint density at radius 1 is 1.44 bits per heavy atom. The minimum absolute atomic E-state index is 0.0339. The van der Waals surface area contributed by atoms with Crippen molar-refractivity contribution in [2.24, 2.45) is 0 Å². The van der Waals surface area contributed by atoms with E-state index in [2.05, 4.69) is 9.69 Å². The van der Waals surface area contributed by atoms with E-state index in [-0.39, 0.29) is 12.5 Å². The fourth-order valence-corrected chi connectivity index (χ4v) is 2.09. The van der Waals surface area contributed by atoms with E-state index < -0.39 is 0 Å². The highest BCUT2D eigenvalue weighted by Crippen LogP contribution is 2.08. The van der Waals surface area contributed by atoms with Gasteiger partial charge in [-0.1, -0.05) is 12.8 Å². The highest BCUT2D eigenvalue weighted by atomic mass is 32.1. The summed E-state index contributed by atoms with van der Waals surface area (Å²) in [6.07, 6.45) is 3.87. The molecule has 2 N–H and O–H groups in total. The summed E-state index contributed by atoms with van der Waals surface area (Å²) in [6, 6.07) is 0. The number of carbonyl (C=O) groups excluding carboxylic acids is 1. The first kappa shape index (κ1) is 13.1. The number of aromatic nitrogens is 1. The van der Waals surface area contributed by atoms with Gasteiger partial charge in [0.2, 0.25) is 0 Å². The van der Waals surface area contributed by atoms with Crippen molar-refractivity contribution in [1.29, 1.82) is 0 Å². The molecule has 0 aromatic carbocycles. The molecule has 0 aliphatic rings. The van der Waals surface area contributed by atoms with Crippen molar-refractivity contribution in [3.63, 3.8) is 0 Å². The second kappa shape index (κ2) is 7.35. The predicted molar refractivity (Wildman–Crippen MR) is 64.7 cm³/mol. The van der Waals surface area contributed by atoms with E-state index in [1.54, 1.807) is 5.38 Å². The van der Waals surface area contributed by atoms with Crippen molar-refractivity contribution in [3.05, 3.63) is 16.6 Å². The topological polar surface area (TPSA) is 62.2 Å². The largest absolute Gasteiger partial charge is 0.396 e. The van der Waals surface area contributed by atoms with Crippen molar-refractivity contribution in [2.45, 2.75) is 32.6 Å². The molecular weight excluding hydrogens is 224 g/mol. The molecule has 4 nitrogen and oxygen atoms in total. The van der Waals surface area contributed by atoms with Gasteiger partial charge in [-0.25, -0.2) is 0 Å². The number of carbonyl (C=O) groups is 1. The number of aryl methyl sites for hydroxylation is 1. The second-order valence-corrected chi connectivity index (χ2v) is 4.34. The summed E-state index contributed by atoms with van der Waals surface area (Å²) >= 11 is 1.31. The number of amides is 1. The standard InChI is InChI=1S/C11H18N2O2S/c1-9-10(8-16-13-9)11(15)12-6-4-2-3-5-7-14/h8,14H,2-7H2,1H3,(H,12,15). The van der Waals surface area contributed by atoms with Gasteiger partial charge >= 0.3 is 0 Å². The molecule has 0 fully saturated rings. The number of hydrogen-bond donors (Lipinski definition) is 2. The molecule has 0 saturated carbocycles. The lowest BCUT2D eigenvalue weighted by atomic mass is 10.2. The predicted octanol–water partition coefficient (Wildman–Crippen LogP) is 1.73. The average molecular weight is 242 g/mol. The highest BCUT2D eigenvalue weighted by molar-refractivity contribution is 7.03. The Hall–Kier alpha value is -0.940. The summed E-state index contributed by atoms with van der Waals surface area (Å²) in [4.78, 5) is 11.6. The molecular formula is C11H18N2O2S. The summed E-state index contributed by atoms with van der Waals surface area (Å²) in [6.45, 7) is 2.79. The molecule has 16 heavy (non-hydrogen) atoms. The Morgan fingerprint density at radius 3 is 2.81 bits per heavy atom. The fourth-order valence-electron chi connectivity index (χ4n) is 1.40. The first-order valence-corrected chi connectivity index (χ1v) is 6.39. The maximum absolute atomic E-state index is 11.6. The Bertz CT molecular complexity index is 326. The van der Waals surface area contributed by atoms with Gasteiger partial charge in [-0.2, -0.15) is 4.37 Å². The summed E-state index contributed by atoms with van der Waals surface area (Å²) in [5, 5.41) is 13.2. The van der Waals surface area contributed by atoms with Crippen LogP contribution in [0, 0.1) is 6.92 Å². The van der Waals surface area contributed by atoms with Gasteiger partial charge in [0.1, 0.15) is 0 Å². The van der Waals surface area contributed by atoms with Crippen LogP contribution in [0.5, 0.6) is 0 Å². The minimum atomic E-state index is -0.0339. The smallest absolute Gasteiger partial charge is 0.254 e. The van der Waals surface area contributed by atoms with Crippen LogP contribution in [0.2, 0.25) is 0 Å². The highest BCUT2D eigenvalue weighted by Gasteiger charge is 2.09. The zero-order chi connectivity index (χ0) is 11.8. The Kier molecular flexibility index (Phi) is 6.03. The maximum atomic E-state index is 11.6. The molecule has 0 unspecified atom stereocenters. The van der Waals surface area contributed by atoms with Crippen LogP contribution < -0.4 is 5.32 Å². The third kappa shape index (κ3) is 4.28. The molecule has 1 amide bonds. The van der Waals surface area contributed by atoms with Gasteiger partial charge in [0, 0.05) is 18.5 Å². The van der Waals surface area contributed by atoms with Crippen LogP contribution in [0.15, 0.2) is 5.38 Å². The lowest BCUT2D eigenvalue weighted by Crippen LogP contribution is -2.24. The Balaban J connectivity index is 2.14.